The SMILES string of the molecule is C[N+]1(C)CCCCC1C1=Cc2ccc(O)cc2C1. The Bertz CT molecular complexity index is 502. The van der Waals surface area contributed by atoms with Crippen molar-refractivity contribution in [2.24, 2.45) is 0 Å². The summed E-state index contributed by atoms with van der Waals surface area (Å²) < 4.78 is 1.12. The fourth-order valence-electron chi connectivity index (χ4n) is 3.57. The molecule has 18 heavy (non-hydrogen) atoms. The van der Waals surface area contributed by atoms with E-state index in [9.17, 15) is 5.11 Å². The monoisotopic (exact) mass is 244 g/mol. The first-order valence-electron chi connectivity index (χ1n) is 6.91. The normalized spacial score (nSPS) is 25.7. The van der Waals surface area contributed by atoms with Gasteiger partial charge >= 0.3 is 0 Å². The largest absolute Gasteiger partial charge is 0.508 e. The van der Waals surface area contributed by atoms with Crippen molar-refractivity contribution in [1.82, 2.24) is 0 Å². The topological polar surface area (TPSA) is 20.2 Å². The van der Waals surface area contributed by atoms with Crippen LogP contribution in [0.1, 0.15) is 30.4 Å². The van der Waals surface area contributed by atoms with Crippen molar-refractivity contribution in [2.45, 2.75) is 31.7 Å². The summed E-state index contributed by atoms with van der Waals surface area (Å²) in [4.78, 5) is 0. The van der Waals surface area contributed by atoms with Gasteiger partial charge in [-0.2, -0.15) is 0 Å². The Hall–Kier alpha value is -1.28. The lowest BCUT2D eigenvalue weighted by Crippen LogP contribution is -2.52. The van der Waals surface area contributed by atoms with Gasteiger partial charge in [-0.15, -0.1) is 0 Å². The molecule has 1 N–H and O–H groups in total. The predicted octanol–water partition coefficient (Wildman–Crippen LogP) is 2.96. The van der Waals surface area contributed by atoms with Gasteiger partial charge in [0.25, 0.3) is 0 Å². The molecule has 2 aliphatic rings. The summed E-state index contributed by atoms with van der Waals surface area (Å²) in [5, 5.41) is 9.57. The maximum absolute atomic E-state index is 9.57. The third-order valence-corrected chi connectivity index (χ3v) is 4.60. The van der Waals surface area contributed by atoms with Crippen molar-refractivity contribution in [3.05, 3.63) is 34.9 Å². The molecule has 1 aliphatic heterocycles. The molecule has 1 unspecified atom stereocenters. The predicted molar refractivity (Wildman–Crippen MR) is 74.4 cm³/mol. The Kier molecular flexibility index (Phi) is 2.70. The zero-order valence-electron chi connectivity index (χ0n) is 11.3. The smallest absolute Gasteiger partial charge is 0.115 e. The van der Waals surface area contributed by atoms with Crippen molar-refractivity contribution in [1.29, 1.82) is 0 Å². The number of benzene rings is 1. The molecule has 3 rings (SSSR count). The summed E-state index contributed by atoms with van der Waals surface area (Å²) in [6, 6.07) is 6.41. The van der Waals surface area contributed by atoms with E-state index in [1.54, 1.807) is 11.6 Å². The number of rotatable bonds is 1. The van der Waals surface area contributed by atoms with Crippen molar-refractivity contribution >= 4 is 6.08 Å². The quantitative estimate of drug-likeness (QED) is 0.753. The molecule has 2 nitrogen and oxygen atoms in total. The van der Waals surface area contributed by atoms with E-state index in [0.717, 1.165) is 10.9 Å². The fraction of sp³-hybridized carbons (Fsp3) is 0.500. The van der Waals surface area contributed by atoms with Crippen LogP contribution in [0.5, 0.6) is 5.75 Å². The van der Waals surface area contributed by atoms with Crippen LogP contribution in [0.3, 0.4) is 0 Å². The molecular weight excluding hydrogens is 222 g/mol. The first-order chi connectivity index (χ1) is 8.56. The van der Waals surface area contributed by atoms with Crippen LogP contribution >= 0.6 is 0 Å². The van der Waals surface area contributed by atoms with Gasteiger partial charge in [0.2, 0.25) is 0 Å². The molecule has 1 aromatic carbocycles. The molecule has 1 atom stereocenters. The highest BCUT2D eigenvalue weighted by Crippen LogP contribution is 2.35. The lowest BCUT2D eigenvalue weighted by atomic mass is 9.92. The standard InChI is InChI=1S/C16H21NO/c1-17(2)8-4-3-5-16(17)14-9-12-6-7-15(18)11-13(12)10-14/h6-7,9,11,16H,3-5,8,10H2,1-2H3/p+1. The molecule has 1 aliphatic carbocycles. The lowest BCUT2D eigenvalue weighted by Gasteiger charge is -2.42. The lowest BCUT2D eigenvalue weighted by molar-refractivity contribution is -0.914. The van der Waals surface area contributed by atoms with E-state index in [1.165, 1.54) is 36.9 Å². The molecular formula is C16H22NO+. The zero-order valence-corrected chi connectivity index (χ0v) is 11.3. The van der Waals surface area contributed by atoms with E-state index in [1.807, 2.05) is 12.1 Å². The number of phenolic OH excluding ortho intramolecular Hbond substituents is 1. The first-order valence-corrected chi connectivity index (χ1v) is 6.91. The van der Waals surface area contributed by atoms with Crippen LogP contribution in [-0.2, 0) is 6.42 Å². The number of likely N-dealkylation sites (tertiary alicyclic amines) is 1. The van der Waals surface area contributed by atoms with E-state index in [2.05, 4.69) is 20.2 Å². The minimum absolute atomic E-state index is 0.390. The van der Waals surface area contributed by atoms with Gasteiger partial charge < -0.3 is 9.59 Å². The van der Waals surface area contributed by atoms with Crippen LogP contribution in [0.2, 0.25) is 0 Å². The number of quaternary nitrogens is 1. The van der Waals surface area contributed by atoms with E-state index in [0.29, 0.717) is 11.8 Å². The molecule has 1 saturated heterocycles. The molecule has 0 aromatic heterocycles. The van der Waals surface area contributed by atoms with Gasteiger partial charge in [-0.05, 0) is 47.8 Å². The Morgan fingerprint density at radius 3 is 2.83 bits per heavy atom. The summed E-state index contributed by atoms with van der Waals surface area (Å²) in [7, 11) is 4.70. The van der Waals surface area contributed by atoms with Gasteiger partial charge in [0.15, 0.2) is 0 Å². The Balaban J connectivity index is 1.88. The molecule has 0 spiro atoms. The Morgan fingerprint density at radius 1 is 1.22 bits per heavy atom. The second-order valence-corrected chi connectivity index (χ2v) is 6.29. The van der Waals surface area contributed by atoms with E-state index >= 15 is 0 Å². The van der Waals surface area contributed by atoms with Crippen molar-refractivity contribution < 1.29 is 9.59 Å². The van der Waals surface area contributed by atoms with E-state index in [-0.39, 0.29) is 0 Å². The average Bonchev–Trinajstić information content (AvgIpc) is 2.70. The van der Waals surface area contributed by atoms with Crippen molar-refractivity contribution in [2.75, 3.05) is 20.6 Å². The van der Waals surface area contributed by atoms with Gasteiger partial charge in [0, 0.05) is 12.8 Å². The first kappa shape index (κ1) is 11.8. The average molecular weight is 244 g/mol. The van der Waals surface area contributed by atoms with Crippen LogP contribution < -0.4 is 0 Å². The summed E-state index contributed by atoms with van der Waals surface area (Å²) in [6.45, 7) is 1.28. The Labute approximate surface area is 109 Å². The number of aromatic hydroxyl groups is 1. The summed E-state index contributed by atoms with van der Waals surface area (Å²) in [5.41, 5.74) is 4.14. The van der Waals surface area contributed by atoms with Gasteiger partial charge in [0.1, 0.15) is 11.8 Å². The molecule has 1 heterocycles. The fourth-order valence-corrected chi connectivity index (χ4v) is 3.57. The third kappa shape index (κ3) is 1.95. The number of nitrogens with zero attached hydrogens (tertiary/aromatic N) is 1. The highest BCUT2D eigenvalue weighted by Gasteiger charge is 2.35. The van der Waals surface area contributed by atoms with Gasteiger partial charge in [0.05, 0.1) is 20.6 Å². The highest BCUT2D eigenvalue weighted by molar-refractivity contribution is 5.65. The van der Waals surface area contributed by atoms with E-state index < -0.39 is 0 Å². The highest BCUT2D eigenvalue weighted by atomic mass is 16.3. The maximum Gasteiger partial charge on any atom is 0.115 e. The molecule has 0 saturated carbocycles. The second-order valence-electron chi connectivity index (χ2n) is 6.29. The molecule has 1 aromatic rings. The van der Waals surface area contributed by atoms with Crippen LogP contribution in [0, 0.1) is 0 Å². The summed E-state index contributed by atoms with van der Waals surface area (Å²) in [6.07, 6.45) is 7.38. The molecule has 96 valence electrons. The van der Waals surface area contributed by atoms with E-state index in [4.69, 9.17) is 0 Å². The summed E-state index contributed by atoms with van der Waals surface area (Å²) in [5.74, 6) is 0.390. The number of hydrogen-bond acceptors (Lipinski definition) is 1. The molecule has 0 amide bonds. The number of hydrogen-bond donors (Lipinski definition) is 1. The second kappa shape index (κ2) is 4.13. The number of phenols is 1. The van der Waals surface area contributed by atoms with Crippen molar-refractivity contribution in [3.63, 3.8) is 0 Å². The van der Waals surface area contributed by atoms with Gasteiger partial charge in [-0.1, -0.05) is 6.07 Å². The van der Waals surface area contributed by atoms with Gasteiger partial charge in [-0.3, -0.25) is 0 Å². The number of piperidine rings is 1. The summed E-state index contributed by atoms with van der Waals surface area (Å²) >= 11 is 0. The number of fused-ring (bicyclic) bond motifs is 1. The van der Waals surface area contributed by atoms with Crippen LogP contribution in [-0.4, -0.2) is 36.3 Å². The molecule has 2 heteroatoms. The number of likely N-dealkylation sites (N-methyl/N-ethyl adjacent to an activating group) is 1. The molecule has 0 bridgehead atoms. The van der Waals surface area contributed by atoms with Crippen LogP contribution in [0.15, 0.2) is 23.8 Å². The zero-order chi connectivity index (χ0) is 12.8. The minimum atomic E-state index is 0.390. The molecule has 1 fully saturated rings. The van der Waals surface area contributed by atoms with Gasteiger partial charge in [-0.25, -0.2) is 0 Å². The Morgan fingerprint density at radius 2 is 2.06 bits per heavy atom. The third-order valence-electron chi connectivity index (χ3n) is 4.60. The van der Waals surface area contributed by atoms with Crippen LogP contribution in [0.25, 0.3) is 6.08 Å². The van der Waals surface area contributed by atoms with Crippen LogP contribution in [0.4, 0.5) is 0 Å². The molecule has 0 radical (unpaired) electrons. The van der Waals surface area contributed by atoms with Crippen molar-refractivity contribution in [3.8, 4) is 5.75 Å². The maximum atomic E-state index is 9.57. The minimum Gasteiger partial charge on any atom is -0.508 e.